The standard InChI is InChI=1S/C20H29FN2O3S/c1-14-7-6-8-18(15(14)2)22-20(24)16-9-10-17(21)19(13-16)27(25,26)23-11-4-3-5-12-23/h9-10,13-15,18H,3-8,11-12H2,1-2H3,(H,22,24). The van der Waals surface area contributed by atoms with Gasteiger partial charge in [-0.25, -0.2) is 12.8 Å². The molecule has 1 aromatic rings. The predicted octanol–water partition coefficient (Wildman–Crippen LogP) is 3.55. The third kappa shape index (κ3) is 4.35. The maximum Gasteiger partial charge on any atom is 0.251 e. The van der Waals surface area contributed by atoms with Crippen LogP contribution in [-0.4, -0.2) is 37.8 Å². The molecule has 1 aliphatic carbocycles. The van der Waals surface area contributed by atoms with Crippen molar-refractivity contribution in [1.82, 2.24) is 9.62 Å². The van der Waals surface area contributed by atoms with Crippen LogP contribution in [0, 0.1) is 17.7 Å². The first-order chi connectivity index (χ1) is 12.8. The summed E-state index contributed by atoms with van der Waals surface area (Å²) in [6.45, 7) is 5.11. The number of nitrogens with one attached hydrogen (secondary N) is 1. The molecule has 1 aromatic carbocycles. The van der Waals surface area contributed by atoms with E-state index in [0.717, 1.165) is 44.6 Å². The van der Waals surface area contributed by atoms with Crippen molar-refractivity contribution in [2.75, 3.05) is 13.1 Å². The lowest BCUT2D eigenvalue weighted by Gasteiger charge is -2.34. The summed E-state index contributed by atoms with van der Waals surface area (Å²) in [6.07, 6.45) is 5.67. The van der Waals surface area contributed by atoms with E-state index in [4.69, 9.17) is 0 Å². The fourth-order valence-electron chi connectivity index (χ4n) is 4.12. The SMILES string of the molecule is CC1CCCC(NC(=O)c2ccc(F)c(S(=O)(=O)N3CCCCC3)c2)C1C. The average Bonchev–Trinajstić information content (AvgIpc) is 2.66. The topological polar surface area (TPSA) is 66.5 Å². The summed E-state index contributed by atoms with van der Waals surface area (Å²) in [6, 6.07) is 3.69. The van der Waals surface area contributed by atoms with E-state index in [1.165, 1.54) is 16.4 Å². The smallest absolute Gasteiger partial charge is 0.251 e. The van der Waals surface area contributed by atoms with E-state index in [2.05, 4.69) is 19.2 Å². The molecule has 0 spiro atoms. The second-order valence-electron chi connectivity index (χ2n) is 7.96. The van der Waals surface area contributed by atoms with Gasteiger partial charge in [-0.15, -0.1) is 0 Å². The van der Waals surface area contributed by atoms with E-state index < -0.39 is 20.7 Å². The fourth-order valence-corrected chi connectivity index (χ4v) is 5.73. The van der Waals surface area contributed by atoms with Crippen molar-refractivity contribution in [1.29, 1.82) is 0 Å². The second kappa shape index (κ2) is 8.27. The first kappa shape index (κ1) is 20.3. The Kier molecular flexibility index (Phi) is 6.21. The summed E-state index contributed by atoms with van der Waals surface area (Å²) in [5.74, 6) is -0.250. The van der Waals surface area contributed by atoms with Gasteiger partial charge in [-0.2, -0.15) is 4.31 Å². The highest BCUT2D eigenvalue weighted by atomic mass is 32.2. The summed E-state index contributed by atoms with van der Waals surface area (Å²) in [5.41, 5.74) is 0.192. The molecule has 0 bridgehead atoms. The van der Waals surface area contributed by atoms with Crippen molar-refractivity contribution in [2.24, 2.45) is 11.8 Å². The zero-order chi connectivity index (χ0) is 19.6. The minimum atomic E-state index is -3.92. The molecule has 3 unspecified atom stereocenters. The van der Waals surface area contributed by atoms with Crippen LogP contribution in [0.3, 0.4) is 0 Å². The normalized spacial score (nSPS) is 27.3. The number of rotatable bonds is 4. The van der Waals surface area contributed by atoms with E-state index in [1.54, 1.807) is 0 Å². The molecule has 3 atom stereocenters. The van der Waals surface area contributed by atoms with Gasteiger partial charge in [0, 0.05) is 24.7 Å². The molecule has 1 N–H and O–H groups in total. The van der Waals surface area contributed by atoms with E-state index in [-0.39, 0.29) is 17.5 Å². The molecule has 2 aliphatic rings. The fraction of sp³-hybridized carbons (Fsp3) is 0.650. The molecule has 2 fully saturated rings. The molecule has 0 radical (unpaired) electrons. The molecule has 3 rings (SSSR count). The molecule has 0 aromatic heterocycles. The average molecular weight is 397 g/mol. The van der Waals surface area contributed by atoms with Gasteiger partial charge in [0.25, 0.3) is 5.91 Å². The van der Waals surface area contributed by atoms with Crippen LogP contribution in [0.2, 0.25) is 0 Å². The third-order valence-electron chi connectivity index (χ3n) is 6.15. The van der Waals surface area contributed by atoms with Crippen LogP contribution in [0.5, 0.6) is 0 Å². The molecule has 1 amide bonds. The molecule has 1 saturated heterocycles. The van der Waals surface area contributed by atoms with Gasteiger partial charge in [-0.3, -0.25) is 4.79 Å². The highest BCUT2D eigenvalue weighted by Crippen LogP contribution is 2.30. The number of piperidine rings is 1. The van der Waals surface area contributed by atoms with E-state index in [1.807, 2.05) is 0 Å². The lowest BCUT2D eigenvalue weighted by Crippen LogP contribution is -2.43. The Labute approximate surface area is 161 Å². The Hall–Kier alpha value is -1.47. The van der Waals surface area contributed by atoms with Crippen molar-refractivity contribution >= 4 is 15.9 Å². The molecule has 1 saturated carbocycles. The molecular formula is C20H29FN2O3S. The largest absolute Gasteiger partial charge is 0.349 e. The summed E-state index contributed by atoms with van der Waals surface area (Å²) in [5, 5.41) is 3.02. The first-order valence-corrected chi connectivity index (χ1v) is 11.4. The third-order valence-corrected chi connectivity index (χ3v) is 8.06. The van der Waals surface area contributed by atoms with Gasteiger partial charge in [0.15, 0.2) is 0 Å². The van der Waals surface area contributed by atoms with Gasteiger partial charge in [0.2, 0.25) is 10.0 Å². The van der Waals surface area contributed by atoms with E-state index in [9.17, 15) is 17.6 Å². The van der Waals surface area contributed by atoms with Crippen LogP contribution >= 0.6 is 0 Å². The summed E-state index contributed by atoms with van der Waals surface area (Å²) < 4.78 is 41.3. The Morgan fingerprint density at radius 3 is 2.52 bits per heavy atom. The second-order valence-corrected chi connectivity index (χ2v) is 9.86. The van der Waals surface area contributed by atoms with Gasteiger partial charge < -0.3 is 5.32 Å². The lowest BCUT2D eigenvalue weighted by molar-refractivity contribution is 0.0890. The Morgan fingerprint density at radius 1 is 1.11 bits per heavy atom. The number of sulfonamides is 1. The molecule has 7 heteroatoms. The number of benzene rings is 1. The first-order valence-electron chi connectivity index (χ1n) is 9.91. The van der Waals surface area contributed by atoms with Crippen molar-refractivity contribution < 1.29 is 17.6 Å². The zero-order valence-electron chi connectivity index (χ0n) is 16.1. The summed E-state index contributed by atoms with van der Waals surface area (Å²) in [4.78, 5) is 12.3. The Balaban J connectivity index is 1.81. The van der Waals surface area contributed by atoms with Gasteiger partial charge in [-0.1, -0.05) is 33.1 Å². The lowest BCUT2D eigenvalue weighted by atomic mass is 9.78. The maximum atomic E-state index is 14.3. The van der Waals surface area contributed by atoms with E-state index >= 15 is 0 Å². The van der Waals surface area contributed by atoms with E-state index in [0.29, 0.717) is 24.9 Å². The number of amides is 1. The maximum absolute atomic E-state index is 14.3. The minimum Gasteiger partial charge on any atom is -0.349 e. The monoisotopic (exact) mass is 396 g/mol. The number of hydrogen-bond donors (Lipinski definition) is 1. The zero-order valence-corrected chi connectivity index (χ0v) is 16.9. The molecule has 27 heavy (non-hydrogen) atoms. The van der Waals surface area contributed by atoms with Crippen LogP contribution < -0.4 is 5.32 Å². The van der Waals surface area contributed by atoms with Crippen LogP contribution in [-0.2, 0) is 10.0 Å². The molecule has 1 heterocycles. The van der Waals surface area contributed by atoms with Crippen molar-refractivity contribution in [2.45, 2.75) is 63.3 Å². The number of carbonyl (C=O) groups is 1. The predicted molar refractivity (Wildman–Crippen MR) is 102 cm³/mol. The Morgan fingerprint density at radius 2 is 1.81 bits per heavy atom. The van der Waals surface area contributed by atoms with Gasteiger partial charge in [0.1, 0.15) is 10.7 Å². The van der Waals surface area contributed by atoms with Crippen LogP contribution in [0.15, 0.2) is 23.1 Å². The molecule has 5 nitrogen and oxygen atoms in total. The summed E-state index contributed by atoms with van der Waals surface area (Å²) >= 11 is 0. The molecular weight excluding hydrogens is 367 g/mol. The van der Waals surface area contributed by atoms with Gasteiger partial charge in [0.05, 0.1) is 0 Å². The molecule has 1 aliphatic heterocycles. The Bertz CT molecular complexity index is 790. The minimum absolute atomic E-state index is 0.0634. The number of nitrogens with zero attached hydrogens (tertiary/aromatic N) is 1. The van der Waals surface area contributed by atoms with Crippen LogP contribution in [0.1, 0.15) is 62.7 Å². The van der Waals surface area contributed by atoms with Crippen molar-refractivity contribution in [3.05, 3.63) is 29.6 Å². The van der Waals surface area contributed by atoms with Crippen LogP contribution in [0.25, 0.3) is 0 Å². The number of halogens is 1. The summed E-state index contributed by atoms with van der Waals surface area (Å²) in [7, 11) is -3.92. The van der Waals surface area contributed by atoms with Crippen molar-refractivity contribution in [3.8, 4) is 0 Å². The van der Waals surface area contributed by atoms with Gasteiger partial charge in [-0.05, 0) is 49.3 Å². The number of carbonyl (C=O) groups excluding carboxylic acids is 1. The number of hydrogen-bond acceptors (Lipinski definition) is 3. The highest BCUT2D eigenvalue weighted by molar-refractivity contribution is 7.89. The molecule has 150 valence electrons. The van der Waals surface area contributed by atoms with Gasteiger partial charge >= 0.3 is 0 Å². The quantitative estimate of drug-likeness (QED) is 0.846. The highest BCUT2D eigenvalue weighted by Gasteiger charge is 2.31. The van der Waals surface area contributed by atoms with Crippen molar-refractivity contribution in [3.63, 3.8) is 0 Å². The van der Waals surface area contributed by atoms with Crippen LogP contribution in [0.4, 0.5) is 4.39 Å².